The van der Waals surface area contributed by atoms with Crippen LogP contribution in [0.25, 0.3) is 0 Å². The molecule has 0 aliphatic rings. The molecular weight excluding hydrogens is 393 g/mol. The molecule has 2 aromatic carbocycles. The molecule has 0 aliphatic carbocycles. The van der Waals surface area contributed by atoms with Gasteiger partial charge in [-0.25, -0.2) is 0 Å². The topological polar surface area (TPSA) is 88.8 Å². The first kappa shape index (κ1) is 20.6. The number of carbonyl (C=O) groups excluding carboxylic acids is 2. The minimum Gasteiger partial charge on any atom is -0.369 e. The normalized spacial score (nSPS) is 11.8. The summed E-state index contributed by atoms with van der Waals surface area (Å²) in [5.41, 5.74) is 6.76. The van der Waals surface area contributed by atoms with Gasteiger partial charge in [-0.3, -0.25) is 9.59 Å². The van der Waals surface area contributed by atoms with Gasteiger partial charge in [0.1, 0.15) is 6.04 Å². The first-order valence-electron chi connectivity index (χ1n) is 7.95. The number of carbonyl (C=O) groups is 2. The Hall–Kier alpha value is -1.73. The van der Waals surface area contributed by atoms with E-state index in [1.807, 2.05) is 36.5 Å². The van der Waals surface area contributed by atoms with Crippen LogP contribution in [0.15, 0.2) is 47.4 Å². The highest BCUT2D eigenvalue weighted by Crippen LogP contribution is 2.27. The predicted molar refractivity (Wildman–Crippen MR) is 107 cm³/mol. The van der Waals surface area contributed by atoms with E-state index in [0.717, 1.165) is 10.5 Å². The molecule has 0 radical (unpaired) electrons. The number of quaternary nitrogens is 1. The Morgan fingerprint density at radius 3 is 2.65 bits per heavy atom. The molecule has 2 amide bonds. The van der Waals surface area contributed by atoms with Crippen LogP contribution in [0.3, 0.4) is 0 Å². The first-order chi connectivity index (χ1) is 12.4. The summed E-state index contributed by atoms with van der Waals surface area (Å²) in [6.45, 7) is 2.20. The number of benzene rings is 2. The Balaban J connectivity index is 1.93. The van der Waals surface area contributed by atoms with Crippen molar-refractivity contribution in [3.63, 3.8) is 0 Å². The average Bonchev–Trinajstić information content (AvgIpc) is 2.59. The zero-order valence-corrected chi connectivity index (χ0v) is 16.5. The Morgan fingerprint density at radius 1 is 1.23 bits per heavy atom. The van der Waals surface area contributed by atoms with Gasteiger partial charge in [-0.1, -0.05) is 41.4 Å². The molecule has 5 N–H and O–H groups in total. The fourth-order valence-electron chi connectivity index (χ4n) is 2.33. The second-order valence-corrected chi connectivity index (χ2v) is 7.55. The van der Waals surface area contributed by atoms with Gasteiger partial charge in [0.15, 0.2) is 6.54 Å². The molecule has 2 rings (SSSR count). The van der Waals surface area contributed by atoms with Crippen LogP contribution in [0.4, 0.5) is 5.69 Å². The van der Waals surface area contributed by atoms with E-state index in [1.54, 1.807) is 18.2 Å². The summed E-state index contributed by atoms with van der Waals surface area (Å²) in [5, 5.41) is 5.92. The van der Waals surface area contributed by atoms with E-state index in [1.165, 1.54) is 11.8 Å². The summed E-state index contributed by atoms with van der Waals surface area (Å²) in [5.74, 6) is -0.391. The maximum absolute atomic E-state index is 12.3. The number of para-hydroxylation sites is 1. The molecule has 0 aromatic heterocycles. The zero-order valence-electron chi connectivity index (χ0n) is 14.2. The largest absolute Gasteiger partial charge is 0.369 e. The quantitative estimate of drug-likeness (QED) is 0.582. The lowest BCUT2D eigenvalue weighted by Gasteiger charge is -2.14. The summed E-state index contributed by atoms with van der Waals surface area (Å²) >= 11 is 13.4. The monoisotopic (exact) mass is 412 g/mol. The Bertz CT molecular complexity index is 802. The average molecular weight is 413 g/mol. The van der Waals surface area contributed by atoms with E-state index in [0.29, 0.717) is 15.7 Å². The molecule has 0 heterocycles. The standard InChI is InChI=1S/C18H19Cl2N3O2S/c1-11(13-7-6-12(19)8-14(13)20)22-9-18(25)23-15-4-2-3-5-16(15)26-10-17(21)24/h2-8,11,22H,9-10H2,1H3,(H2,21,24)(H,23,25)/p+1/t11-/m1/s1. The van der Waals surface area contributed by atoms with Crippen molar-refractivity contribution in [2.45, 2.75) is 17.9 Å². The van der Waals surface area contributed by atoms with Crippen LogP contribution in [0.1, 0.15) is 18.5 Å². The number of thioether (sulfide) groups is 1. The number of nitrogens with one attached hydrogen (secondary N) is 1. The first-order valence-corrected chi connectivity index (χ1v) is 9.69. The van der Waals surface area contributed by atoms with E-state index >= 15 is 0 Å². The van der Waals surface area contributed by atoms with Gasteiger partial charge in [0.05, 0.1) is 16.5 Å². The lowest BCUT2D eigenvalue weighted by atomic mass is 10.1. The molecule has 0 saturated carbocycles. The van der Waals surface area contributed by atoms with Crippen LogP contribution >= 0.6 is 35.0 Å². The third-order valence-corrected chi connectivity index (χ3v) is 5.30. The predicted octanol–water partition coefficient (Wildman–Crippen LogP) is 2.83. The second-order valence-electron chi connectivity index (χ2n) is 5.69. The maximum Gasteiger partial charge on any atom is 0.279 e. The zero-order chi connectivity index (χ0) is 19.1. The highest BCUT2D eigenvalue weighted by atomic mass is 35.5. The van der Waals surface area contributed by atoms with Crippen LogP contribution in [-0.2, 0) is 9.59 Å². The number of hydrogen-bond acceptors (Lipinski definition) is 3. The molecule has 0 bridgehead atoms. The van der Waals surface area contributed by atoms with Crippen molar-refractivity contribution in [1.82, 2.24) is 0 Å². The minimum absolute atomic E-state index is 0.00463. The number of anilines is 1. The Kier molecular flexibility index (Phi) is 7.78. The summed E-state index contributed by atoms with van der Waals surface area (Å²) in [7, 11) is 0. The fourth-order valence-corrected chi connectivity index (χ4v) is 3.66. The molecule has 1 atom stereocenters. The molecular formula is C18H20Cl2N3O2S+. The van der Waals surface area contributed by atoms with Crippen LogP contribution in [0.5, 0.6) is 0 Å². The van der Waals surface area contributed by atoms with Crippen molar-refractivity contribution in [3.8, 4) is 0 Å². The van der Waals surface area contributed by atoms with Crippen LogP contribution in [-0.4, -0.2) is 24.1 Å². The molecule has 0 aliphatic heterocycles. The number of halogens is 2. The number of nitrogens with two attached hydrogens (primary N) is 2. The van der Waals surface area contributed by atoms with Gasteiger partial charge in [0.2, 0.25) is 5.91 Å². The second kappa shape index (κ2) is 9.83. The van der Waals surface area contributed by atoms with Gasteiger partial charge < -0.3 is 16.4 Å². The third kappa shape index (κ3) is 6.21. The highest BCUT2D eigenvalue weighted by molar-refractivity contribution is 8.00. The van der Waals surface area contributed by atoms with Crippen molar-refractivity contribution >= 4 is 52.5 Å². The lowest BCUT2D eigenvalue weighted by Crippen LogP contribution is -2.86. The van der Waals surface area contributed by atoms with Gasteiger partial charge in [-0.15, -0.1) is 11.8 Å². The van der Waals surface area contributed by atoms with Gasteiger partial charge in [-0.2, -0.15) is 0 Å². The summed E-state index contributed by atoms with van der Waals surface area (Å²) < 4.78 is 0. The van der Waals surface area contributed by atoms with E-state index in [-0.39, 0.29) is 24.2 Å². The maximum atomic E-state index is 12.3. The smallest absolute Gasteiger partial charge is 0.279 e. The van der Waals surface area contributed by atoms with Crippen molar-refractivity contribution in [3.05, 3.63) is 58.1 Å². The van der Waals surface area contributed by atoms with Crippen LogP contribution in [0, 0.1) is 0 Å². The van der Waals surface area contributed by atoms with Gasteiger partial charge >= 0.3 is 0 Å². The molecule has 0 unspecified atom stereocenters. The molecule has 0 saturated heterocycles. The van der Waals surface area contributed by atoms with E-state index in [9.17, 15) is 9.59 Å². The van der Waals surface area contributed by atoms with Crippen molar-refractivity contribution in [2.24, 2.45) is 5.73 Å². The molecule has 5 nitrogen and oxygen atoms in total. The summed E-state index contributed by atoms with van der Waals surface area (Å²) in [6, 6.07) is 12.6. The molecule has 0 spiro atoms. The molecule has 26 heavy (non-hydrogen) atoms. The van der Waals surface area contributed by atoms with Crippen LogP contribution < -0.4 is 16.4 Å². The molecule has 8 heteroatoms. The van der Waals surface area contributed by atoms with Gasteiger partial charge in [0.25, 0.3) is 5.91 Å². The number of rotatable bonds is 8. The molecule has 0 fully saturated rings. The van der Waals surface area contributed by atoms with Gasteiger partial charge in [-0.05, 0) is 31.2 Å². The molecule has 2 aromatic rings. The summed E-state index contributed by atoms with van der Waals surface area (Å²) in [6.07, 6.45) is 0. The van der Waals surface area contributed by atoms with Crippen molar-refractivity contribution in [1.29, 1.82) is 0 Å². The minimum atomic E-state index is -0.405. The Labute approximate surface area is 166 Å². The van der Waals surface area contributed by atoms with Crippen molar-refractivity contribution in [2.75, 3.05) is 17.6 Å². The van der Waals surface area contributed by atoms with E-state index in [4.69, 9.17) is 28.9 Å². The van der Waals surface area contributed by atoms with E-state index in [2.05, 4.69) is 5.32 Å². The highest BCUT2D eigenvalue weighted by Gasteiger charge is 2.15. The number of hydrogen-bond donors (Lipinski definition) is 3. The van der Waals surface area contributed by atoms with Gasteiger partial charge in [0, 0.05) is 15.5 Å². The third-order valence-electron chi connectivity index (χ3n) is 3.64. The van der Waals surface area contributed by atoms with Crippen molar-refractivity contribution < 1.29 is 14.9 Å². The fraction of sp³-hybridized carbons (Fsp3) is 0.222. The number of amides is 2. The van der Waals surface area contributed by atoms with Crippen LogP contribution in [0.2, 0.25) is 10.0 Å². The molecule has 138 valence electrons. The lowest BCUT2D eigenvalue weighted by molar-refractivity contribution is -0.682. The summed E-state index contributed by atoms with van der Waals surface area (Å²) in [4.78, 5) is 24.0. The van der Waals surface area contributed by atoms with E-state index < -0.39 is 5.91 Å². The SMILES string of the molecule is C[C@@H]([NH2+]CC(=O)Nc1ccccc1SCC(N)=O)c1ccc(Cl)cc1Cl. The Morgan fingerprint density at radius 2 is 1.96 bits per heavy atom. The number of primary amides is 1.